The summed E-state index contributed by atoms with van der Waals surface area (Å²) < 4.78 is 0. The first-order valence-electron chi connectivity index (χ1n) is 4.97. The summed E-state index contributed by atoms with van der Waals surface area (Å²) >= 11 is 3.52. The lowest BCUT2D eigenvalue weighted by atomic mass is 10.1. The number of alkyl halides is 1. The highest BCUT2D eigenvalue weighted by Crippen LogP contribution is 2.06. The summed E-state index contributed by atoms with van der Waals surface area (Å²) in [5, 5.41) is 2.91. The van der Waals surface area contributed by atoms with Crippen LogP contribution in [0.2, 0.25) is 0 Å². The maximum Gasteiger partial charge on any atom is 0.220 e. The molecular formula is C10H20BrNO. The molecule has 0 radical (unpaired) electrons. The number of carbonyl (C=O) groups excluding carboxylic acids is 1. The quantitative estimate of drug-likeness (QED) is 0.721. The van der Waals surface area contributed by atoms with Crippen LogP contribution in [0.4, 0.5) is 0 Å². The van der Waals surface area contributed by atoms with Gasteiger partial charge in [-0.2, -0.15) is 0 Å². The standard InChI is InChI=1S/C10H20BrNO/c1-4-5-9(11)7-12-10(13)6-8(2)3/h8-9H,4-7H2,1-3H3,(H,12,13). The van der Waals surface area contributed by atoms with Crippen LogP contribution in [0.3, 0.4) is 0 Å². The zero-order valence-corrected chi connectivity index (χ0v) is 10.4. The van der Waals surface area contributed by atoms with Gasteiger partial charge in [-0.3, -0.25) is 4.79 Å². The van der Waals surface area contributed by atoms with Crippen molar-refractivity contribution < 1.29 is 4.79 Å². The maximum atomic E-state index is 11.2. The van der Waals surface area contributed by atoms with Crippen molar-refractivity contribution in [2.75, 3.05) is 6.54 Å². The average molecular weight is 250 g/mol. The van der Waals surface area contributed by atoms with Gasteiger partial charge >= 0.3 is 0 Å². The van der Waals surface area contributed by atoms with Gasteiger partial charge in [0.1, 0.15) is 0 Å². The van der Waals surface area contributed by atoms with Crippen molar-refractivity contribution in [2.24, 2.45) is 5.92 Å². The molecule has 0 aromatic rings. The topological polar surface area (TPSA) is 29.1 Å². The second kappa shape index (κ2) is 7.36. The minimum absolute atomic E-state index is 0.163. The van der Waals surface area contributed by atoms with Crippen LogP contribution in [0.25, 0.3) is 0 Å². The highest BCUT2D eigenvalue weighted by Gasteiger charge is 2.07. The van der Waals surface area contributed by atoms with E-state index in [9.17, 15) is 4.79 Å². The molecule has 0 rings (SSSR count). The Bertz CT molecular complexity index is 148. The van der Waals surface area contributed by atoms with Crippen molar-refractivity contribution in [2.45, 2.75) is 44.9 Å². The first kappa shape index (κ1) is 12.9. The lowest BCUT2D eigenvalue weighted by Crippen LogP contribution is -2.30. The van der Waals surface area contributed by atoms with E-state index < -0.39 is 0 Å². The van der Waals surface area contributed by atoms with Gasteiger partial charge in [0, 0.05) is 17.8 Å². The molecule has 0 aromatic carbocycles. The lowest BCUT2D eigenvalue weighted by Gasteiger charge is -2.10. The zero-order chi connectivity index (χ0) is 10.3. The molecule has 1 amide bonds. The highest BCUT2D eigenvalue weighted by molar-refractivity contribution is 9.09. The SMILES string of the molecule is CCCC(Br)CNC(=O)CC(C)C. The van der Waals surface area contributed by atoms with Crippen LogP contribution < -0.4 is 5.32 Å². The Morgan fingerprint density at radius 2 is 2.08 bits per heavy atom. The van der Waals surface area contributed by atoms with Crippen molar-refractivity contribution in [1.29, 1.82) is 0 Å². The van der Waals surface area contributed by atoms with Crippen molar-refractivity contribution >= 4 is 21.8 Å². The fraction of sp³-hybridized carbons (Fsp3) is 0.900. The Morgan fingerprint density at radius 1 is 1.46 bits per heavy atom. The van der Waals surface area contributed by atoms with Gasteiger partial charge in [0.2, 0.25) is 5.91 Å². The van der Waals surface area contributed by atoms with Crippen molar-refractivity contribution in [1.82, 2.24) is 5.32 Å². The number of rotatable bonds is 6. The van der Waals surface area contributed by atoms with Crippen LogP contribution >= 0.6 is 15.9 Å². The lowest BCUT2D eigenvalue weighted by molar-refractivity contribution is -0.121. The van der Waals surface area contributed by atoms with Crippen molar-refractivity contribution in [3.8, 4) is 0 Å². The molecular weight excluding hydrogens is 230 g/mol. The highest BCUT2D eigenvalue weighted by atomic mass is 79.9. The van der Waals surface area contributed by atoms with Crippen molar-refractivity contribution in [3.05, 3.63) is 0 Å². The van der Waals surface area contributed by atoms with Gasteiger partial charge in [-0.25, -0.2) is 0 Å². The number of hydrogen-bond acceptors (Lipinski definition) is 1. The summed E-state index contributed by atoms with van der Waals surface area (Å²) in [5.41, 5.74) is 0. The number of hydrogen-bond donors (Lipinski definition) is 1. The Kier molecular flexibility index (Phi) is 7.33. The smallest absolute Gasteiger partial charge is 0.220 e. The molecule has 0 spiro atoms. The predicted octanol–water partition coefficient (Wildman–Crippen LogP) is 2.71. The third-order valence-corrected chi connectivity index (χ3v) is 2.50. The molecule has 0 fully saturated rings. The van der Waals surface area contributed by atoms with E-state index in [2.05, 4.69) is 42.0 Å². The van der Waals surface area contributed by atoms with Gasteiger partial charge in [-0.05, 0) is 12.3 Å². The predicted molar refractivity (Wildman–Crippen MR) is 60.1 cm³/mol. The molecule has 0 aromatic heterocycles. The van der Waals surface area contributed by atoms with Crippen LogP contribution in [0.15, 0.2) is 0 Å². The third kappa shape index (κ3) is 8.28. The second-order valence-electron chi connectivity index (χ2n) is 3.79. The molecule has 13 heavy (non-hydrogen) atoms. The Balaban J connectivity index is 3.46. The number of nitrogens with one attached hydrogen (secondary N) is 1. The first-order valence-corrected chi connectivity index (χ1v) is 5.88. The van der Waals surface area contributed by atoms with Crippen LogP contribution in [0.5, 0.6) is 0 Å². The van der Waals surface area contributed by atoms with Gasteiger partial charge in [-0.1, -0.05) is 43.1 Å². The van der Waals surface area contributed by atoms with Crippen LogP contribution in [-0.2, 0) is 4.79 Å². The van der Waals surface area contributed by atoms with Gasteiger partial charge in [-0.15, -0.1) is 0 Å². The van der Waals surface area contributed by atoms with E-state index in [1.54, 1.807) is 0 Å². The van der Waals surface area contributed by atoms with E-state index in [1.807, 2.05) is 0 Å². The molecule has 78 valence electrons. The normalized spacial score (nSPS) is 13.0. The zero-order valence-electron chi connectivity index (χ0n) is 8.77. The van der Waals surface area contributed by atoms with E-state index in [-0.39, 0.29) is 5.91 Å². The van der Waals surface area contributed by atoms with E-state index in [0.717, 1.165) is 19.4 Å². The minimum Gasteiger partial charge on any atom is -0.355 e. The number of amides is 1. The van der Waals surface area contributed by atoms with E-state index in [1.165, 1.54) is 0 Å². The molecule has 2 nitrogen and oxygen atoms in total. The Labute approximate surface area is 89.6 Å². The van der Waals surface area contributed by atoms with Gasteiger partial charge in [0.05, 0.1) is 0 Å². The molecule has 1 atom stereocenters. The van der Waals surface area contributed by atoms with Gasteiger partial charge < -0.3 is 5.32 Å². The molecule has 0 saturated heterocycles. The first-order chi connectivity index (χ1) is 6.06. The summed E-state index contributed by atoms with van der Waals surface area (Å²) in [6.07, 6.45) is 2.89. The fourth-order valence-corrected chi connectivity index (χ4v) is 1.70. The van der Waals surface area contributed by atoms with E-state index >= 15 is 0 Å². The number of carbonyl (C=O) groups is 1. The molecule has 0 saturated carbocycles. The number of halogens is 1. The minimum atomic E-state index is 0.163. The fourth-order valence-electron chi connectivity index (χ4n) is 1.08. The van der Waals surface area contributed by atoms with Crippen LogP contribution in [-0.4, -0.2) is 17.3 Å². The van der Waals surface area contributed by atoms with Crippen LogP contribution in [0.1, 0.15) is 40.0 Å². The van der Waals surface area contributed by atoms with E-state index in [0.29, 0.717) is 17.2 Å². The van der Waals surface area contributed by atoms with Gasteiger partial charge in [0.25, 0.3) is 0 Å². The summed E-state index contributed by atoms with van der Waals surface area (Å²) in [6.45, 7) is 7.00. The van der Waals surface area contributed by atoms with Gasteiger partial charge in [0.15, 0.2) is 0 Å². The molecule has 0 heterocycles. The molecule has 0 aliphatic carbocycles. The second-order valence-corrected chi connectivity index (χ2v) is 5.08. The summed E-state index contributed by atoms with van der Waals surface area (Å²) in [6, 6.07) is 0. The van der Waals surface area contributed by atoms with Crippen LogP contribution in [0, 0.1) is 5.92 Å². The summed E-state index contributed by atoms with van der Waals surface area (Å²) in [7, 11) is 0. The average Bonchev–Trinajstić information content (AvgIpc) is 2.00. The largest absolute Gasteiger partial charge is 0.355 e. The molecule has 3 heteroatoms. The summed E-state index contributed by atoms with van der Waals surface area (Å²) in [5.74, 6) is 0.607. The Morgan fingerprint density at radius 3 is 2.54 bits per heavy atom. The third-order valence-electron chi connectivity index (χ3n) is 1.72. The molecule has 1 unspecified atom stereocenters. The van der Waals surface area contributed by atoms with E-state index in [4.69, 9.17) is 0 Å². The molecule has 1 N–H and O–H groups in total. The summed E-state index contributed by atoms with van der Waals surface area (Å²) in [4.78, 5) is 11.7. The molecule has 0 bridgehead atoms. The Hall–Kier alpha value is -0.0500. The molecule has 0 aliphatic rings. The maximum absolute atomic E-state index is 11.2. The monoisotopic (exact) mass is 249 g/mol. The van der Waals surface area contributed by atoms with Crippen molar-refractivity contribution in [3.63, 3.8) is 0 Å². The molecule has 0 aliphatic heterocycles.